The molecule has 0 spiro atoms. The fraction of sp³-hybridized carbons (Fsp3) is 0.400. The largest absolute Gasteiger partial charge is 0.503 e. The molecule has 0 amide bonds. The Balaban J connectivity index is 2.61. The van der Waals surface area contributed by atoms with E-state index in [-0.39, 0.29) is 5.75 Å². The first-order valence-corrected chi connectivity index (χ1v) is 4.41. The normalized spacial score (nSPS) is 14.2. The minimum atomic E-state index is 0.0863. The van der Waals surface area contributed by atoms with Crippen LogP contribution in [0.4, 0.5) is 5.69 Å². The molecule has 0 aliphatic heterocycles. The summed E-state index contributed by atoms with van der Waals surface area (Å²) in [6.45, 7) is 0. The third-order valence-electron chi connectivity index (χ3n) is 2.60. The quantitative estimate of drug-likeness (QED) is 0.507. The van der Waals surface area contributed by atoms with Crippen LogP contribution in [-0.4, -0.2) is 12.2 Å². The van der Waals surface area contributed by atoms with Gasteiger partial charge in [-0.1, -0.05) is 0 Å². The van der Waals surface area contributed by atoms with E-state index in [4.69, 9.17) is 10.5 Å². The van der Waals surface area contributed by atoms with E-state index < -0.39 is 0 Å². The van der Waals surface area contributed by atoms with Crippen LogP contribution < -0.4 is 10.5 Å². The first kappa shape index (κ1) is 8.23. The van der Waals surface area contributed by atoms with Crippen LogP contribution in [0.3, 0.4) is 0 Å². The van der Waals surface area contributed by atoms with Crippen molar-refractivity contribution in [2.24, 2.45) is 0 Å². The topological polar surface area (TPSA) is 55.5 Å². The SMILES string of the molecule is COc1cc2c(c(N)c1O)CCC2. The Hall–Kier alpha value is -1.38. The molecule has 3 nitrogen and oxygen atoms in total. The molecule has 1 aliphatic carbocycles. The second-order valence-electron chi connectivity index (χ2n) is 3.33. The number of phenols is 1. The molecule has 0 heterocycles. The molecule has 70 valence electrons. The Bertz CT molecular complexity index is 347. The number of phenolic OH excluding ortho intramolecular Hbond substituents is 1. The van der Waals surface area contributed by atoms with Crippen LogP contribution in [0.15, 0.2) is 6.07 Å². The molecule has 1 aliphatic rings. The van der Waals surface area contributed by atoms with Gasteiger partial charge >= 0.3 is 0 Å². The minimum absolute atomic E-state index is 0.0863. The van der Waals surface area contributed by atoms with Crippen LogP contribution >= 0.6 is 0 Å². The van der Waals surface area contributed by atoms with Gasteiger partial charge in [0.1, 0.15) is 0 Å². The fourth-order valence-electron chi connectivity index (χ4n) is 1.89. The maximum atomic E-state index is 9.61. The molecule has 0 unspecified atom stereocenters. The molecule has 0 saturated carbocycles. The first-order valence-electron chi connectivity index (χ1n) is 4.41. The van der Waals surface area contributed by atoms with Crippen LogP contribution in [0.2, 0.25) is 0 Å². The lowest BCUT2D eigenvalue weighted by Gasteiger charge is -2.10. The second kappa shape index (κ2) is 2.83. The van der Waals surface area contributed by atoms with Gasteiger partial charge in [-0.15, -0.1) is 0 Å². The van der Waals surface area contributed by atoms with Gasteiger partial charge in [-0.3, -0.25) is 0 Å². The number of aromatic hydroxyl groups is 1. The zero-order chi connectivity index (χ0) is 9.42. The molecular formula is C10H13NO2. The lowest BCUT2D eigenvalue weighted by molar-refractivity contribution is 0.374. The molecule has 1 aromatic carbocycles. The van der Waals surface area contributed by atoms with E-state index in [1.54, 1.807) is 0 Å². The average Bonchev–Trinajstić information content (AvgIpc) is 2.59. The lowest BCUT2D eigenvalue weighted by Crippen LogP contribution is -1.96. The van der Waals surface area contributed by atoms with Crippen LogP contribution in [0.5, 0.6) is 11.5 Å². The highest BCUT2D eigenvalue weighted by Crippen LogP contribution is 2.40. The summed E-state index contributed by atoms with van der Waals surface area (Å²) < 4.78 is 5.02. The van der Waals surface area contributed by atoms with Gasteiger partial charge in [0.05, 0.1) is 12.8 Å². The van der Waals surface area contributed by atoms with Crippen molar-refractivity contribution >= 4 is 5.69 Å². The van der Waals surface area contributed by atoms with E-state index in [9.17, 15) is 5.11 Å². The molecule has 1 aromatic rings. The van der Waals surface area contributed by atoms with Gasteiger partial charge in [-0.2, -0.15) is 0 Å². The molecule has 0 saturated heterocycles. The molecular weight excluding hydrogens is 166 g/mol. The van der Waals surface area contributed by atoms with E-state index in [2.05, 4.69) is 0 Å². The summed E-state index contributed by atoms with van der Waals surface area (Å²) in [5.74, 6) is 0.571. The minimum Gasteiger partial charge on any atom is -0.503 e. The number of methoxy groups -OCH3 is 1. The number of aryl methyl sites for hydroxylation is 1. The Labute approximate surface area is 77.1 Å². The Morgan fingerprint density at radius 3 is 2.92 bits per heavy atom. The number of benzene rings is 1. The smallest absolute Gasteiger partial charge is 0.181 e. The highest BCUT2D eigenvalue weighted by Gasteiger charge is 2.19. The van der Waals surface area contributed by atoms with Crippen molar-refractivity contribution in [1.82, 2.24) is 0 Å². The summed E-state index contributed by atoms with van der Waals surface area (Å²) in [6.07, 6.45) is 3.13. The number of hydrogen-bond donors (Lipinski definition) is 2. The van der Waals surface area contributed by atoms with Gasteiger partial charge in [0.15, 0.2) is 11.5 Å². The van der Waals surface area contributed by atoms with E-state index >= 15 is 0 Å². The number of rotatable bonds is 1. The van der Waals surface area contributed by atoms with Gasteiger partial charge in [0.2, 0.25) is 0 Å². The summed E-state index contributed by atoms with van der Waals surface area (Å²) in [5.41, 5.74) is 8.58. The highest BCUT2D eigenvalue weighted by atomic mass is 16.5. The lowest BCUT2D eigenvalue weighted by atomic mass is 10.1. The maximum Gasteiger partial charge on any atom is 0.181 e. The summed E-state index contributed by atoms with van der Waals surface area (Å²) in [6, 6.07) is 1.88. The van der Waals surface area contributed by atoms with Crippen molar-refractivity contribution in [3.63, 3.8) is 0 Å². The zero-order valence-corrected chi connectivity index (χ0v) is 7.63. The van der Waals surface area contributed by atoms with E-state index in [1.807, 2.05) is 6.07 Å². The van der Waals surface area contributed by atoms with Crippen molar-refractivity contribution in [3.8, 4) is 11.5 Å². The third-order valence-corrected chi connectivity index (χ3v) is 2.60. The molecule has 0 fully saturated rings. The molecule has 0 atom stereocenters. The molecule has 0 radical (unpaired) electrons. The molecule has 0 aromatic heterocycles. The average molecular weight is 179 g/mol. The van der Waals surface area contributed by atoms with Crippen LogP contribution in [0, 0.1) is 0 Å². The highest BCUT2D eigenvalue weighted by molar-refractivity contribution is 5.67. The summed E-state index contributed by atoms with van der Waals surface area (Å²) in [4.78, 5) is 0. The van der Waals surface area contributed by atoms with Crippen molar-refractivity contribution in [2.75, 3.05) is 12.8 Å². The van der Waals surface area contributed by atoms with E-state index in [0.717, 1.165) is 24.8 Å². The van der Waals surface area contributed by atoms with E-state index in [0.29, 0.717) is 11.4 Å². The summed E-state index contributed by atoms with van der Waals surface area (Å²) in [7, 11) is 1.54. The Kier molecular flexibility index (Phi) is 1.79. The fourth-order valence-corrected chi connectivity index (χ4v) is 1.89. The van der Waals surface area contributed by atoms with Crippen molar-refractivity contribution < 1.29 is 9.84 Å². The number of fused-ring (bicyclic) bond motifs is 1. The molecule has 3 N–H and O–H groups in total. The van der Waals surface area contributed by atoms with Crippen molar-refractivity contribution in [2.45, 2.75) is 19.3 Å². The Morgan fingerprint density at radius 1 is 1.46 bits per heavy atom. The van der Waals surface area contributed by atoms with Crippen LogP contribution in [0.25, 0.3) is 0 Å². The van der Waals surface area contributed by atoms with Crippen molar-refractivity contribution in [1.29, 1.82) is 0 Å². The number of nitrogens with two attached hydrogens (primary N) is 1. The predicted molar refractivity (Wildman–Crippen MR) is 51.1 cm³/mol. The number of anilines is 1. The van der Waals surface area contributed by atoms with Gasteiger partial charge in [-0.25, -0.2) is 0 Å². The van der Waals surface area contributed by atoms with Crippen LogP contribution in [0.1, 0.15) is 17.5 Å². The maximum absolute atomic E-state index is 9.61. The number of ether oxygens (including phenoxy) is 1. The third kappa shape index (κ3) is 1.11. The first-order chi connectivity index (χ1) is 6.24. The summed E-state index contributed by atoms with van der Waals surface area (Å²) in [5, 5.41) is 9.61. The second-order valence-corrected chi connectivity index (χ2v) is 3.33. The number of hydrogen-bond acceptors (Lipinski definition) is 3. The molecule has 2 rings (SSSR count). The summed E-state index contributed by atoms with van der Waals surface area (Å²) >= 11 is 0. The van der Waals surface area contributed by atoms with Gasteiger partial charge in [-0.05, 0) is 36.5 Å². The van der Waals surface area contributed by atoms with Crippen molar-refractivity contribution in [3.05, 3.63) is 17.2 Å². The molecule has 13 heavy (non-hydrogen) atoms. The zero-order valence-electron chi connectivity index (χ0n) is 7.63. The standard InChI is InChI=1S/C10H13NO2/c1-13-8-5-6-3-2-4-7(6)9(11)10(8)12/h5,12H,2-4,11H2,1H3. The van der Waals surface area contributed by atoms with E-state index in [1.165, 1.54) is 12.7 Å². The van der Waals surface area contributed by atoms with Crippen LogP contribution in [-0.2, 0) is 12.8 Å². The molecule has 0 bridgehead atoms. The monoisotopic (exact) mass is 179 g/mol. The Morgan fingerprint density at radius 2 is 2.23 bits per heavy atom. The van der Waals surface area contributed by atoms with Gasteiger partial charge in [0, 0.05) is 0 Å². The number of nitrogen functional groups attached to an aromatic ring is 1. The molecule has 3 heteroatoms. The predicted octanol–water partition coefficient (Wildman–Crippen LogP) is 1.47. The van der Waals surface area contributed by atoms with Gasteiger partial charge in [0.25, 0.3) is 0 Å². The van der Waals surface area contributed by atoms with Gasteiger partial charge < -0.3 is 15.6 Å².